The quantitative estimate of drug-likeness (QED) is 0.701. The Balaban J connectivity index is 1.69. The van der Waals surface area contributed by atoms with Crippen LogP contribution < -0.4 is 10.6 Å². The summed E-state index contributed by atoms with van der Waals surface area (Å²) in [5.41, 5.74) is 4.30. The average molecular weight is 367 g/mol. The summed E-state index contributed by atoms with van der Waals surface area (Å²) < 4.78 is 0. The van der Waals surface area contributed by atoms with Crippen LogP contribution in [0, 0.1) is 13.8 Å². The molecular formula is C20H19ClN4O. The topological polar surface area (TPSA) is 66.9 Å². The summed E-state index contributed by atoms with van der Waals surface area (Å²) in [6.45, 7) is 4.40. The van der Waals surface area contributed by atoms with Crippen LogP contribution in [0.25, 0.3) is 0 Å². The fourth-order valence-electron chi connectivity index (χ4n) is 2.44. The maximum Gasteiger partial charge on any atom is 0.270 e. The van der Waals surface area contributed by atoms with Gasteiger partial charge in [0, 0.05) is 23.3 Å². The molecule has 1 amide bonds. The van der Waals surface area contributed by atoms with Crippen molar-refractivity contribution in [1.29, 1.82) is 0 Å². The number of carbonyl (C=O) groups is 1. The molecule has 0 radical (unpaired) electrons. The molecular weight excluding hydrogens is 348 g/mol. The van der Waals surface area contributed by atoms with Crippen molar-refractivity contribution in [2.45, 2.75) is 20.4 Å². The third-order valence-corrected chi connectivity index (χ3v) is 4.45. The lowest BCUT2D eigenvalue weighted by Gasteiger charge is -2.09. The van der Waals surface area contributed by atoms with Crippen molar-refractivity contribution in [3.8, 4) is 0 Å². The number of anilines is 2. The number of aryl methyl sites for hydroxylation is 2. The van der Waals surface area contributed by atoms with Gasteiger partial charge >= 0.3 is 0 Å². The molecule has 5 nitrogen and oxygen atoms in total. The van der Waals surface area contributed by atoms with Gasteiger partial charge in [-0.3, -0.25) is 4.79 Å². The van der Waals surface area contributed by atoms with Crippen LogP contribution in [-0.4, -0.2) is 15.9 Å². The van der Waals surface area contributed by atoms with Crippen LogP contribution in [0.5, 0.6) is 0 Å². The number of nitrogens with zero attached hydrogens (tertiary/aromatic N) is 2. The Morgan fingerprint density at radius 1 is 1.04 bits per heavy atom. The van der Waals surface area contributed by atoms with Crippen molar-refractivity contribution in [2.75, 3.05) is 5.32 Å². The minimum absolute atomic E-state index is 0.249. The highest BCUT2D eigenvalue weighted by atomic mass is 35.5. The number of benzene rings is 2. The van der Waals surface area contributed by atoms with Gasteiger partial charge in [0.2, 0.25) is 0 Å². The molecule has 0 aliphatic rings. The summed E-state index contributed by atoms with van der Waals surface area (Å²) in [4.78, 5) is 20.6. The first-order valence-corrected chi connectivity index (χ1v) is 8.58. The van der Waals surface area contributed by atoms with Crippen LogP contribution in [0.1, 0.15) is 27.2 Å². The first kappa shape index (κ1) is 17.9. The van der Waals surface area contributed by atoms with Crippen molar-refractivity contribution >= 4 is 29.0 Å². The average Bonchev–Trinajstić information content (AvgIpc) is 2.64. The number of aromatic nitrogens is 2. The standard InChI is InChI=1S/C20H19ClN4O/c1-13-5-3-4-6-15(13)11-22-20(26)18-10-19(24-12-23-18)25-16-8-7-14(2)17(21)9-16/h3-10,12H,11H2,1-2H3,(H,22,26)(H,23,24,25). The second kappa shape index (κ2) is 7.97. The third kappa shape index (κ3) is 4.37. The predicted molar refractivity (Wildman–Crippen MR) is 104 cm³/mol. The van der Waals surface area contributed by atoms with E-state index in [0.717, 1.165) is 22.4 Å². The fourth-order valence-corrected chi connectivity index (χ4v) is 2.62. The predicted octanol–water partition coefficient (Wildman–Crippen LogP) is 4.42. The Morgan fingerprint density at radius 2 is 1.85 bits per heavy atom. The van der Waals surface area contributed by atoms with Gasteiger partial charge in [0.15, 0.2) is 0 Å². The highest BCUT2D eigenvalue weighted by Crippen LogP contribution is 2.22. The third-order valence-electron chi connectivity index (χ3n) is 4.04. The molecule has 0 saturated heterocycles. The largest absolute Gasteiger partial charge is 0.347 e. The number of halogens is 1. The first-order valence-electron chi connectivity index (χ1n) is 8.21. The van der Waals surface area contributed by atoms with E-state index >= 15 is 0 Å². The second-order valence-electron chi connectivity index (χ2n) is 5.99. The van der Waals surface area contributed by atoms with E-state index in [0.29, 0.717) is 23.1 Å². The molecule has 0 bridgehead atoms. The maximum absolute atomic E-state index is 12.4. The molecule has 0 aliphatic heterocycles. The van der Waals surface area contributed by atoms with E-state index in [-0.39, 0.29) is 5.91 Å². The lowest BCUT2D eigenvalue weighted by Crippen LogP contribution is -2.24. The summed E-state index contributed by atoms with van der Waals surface area (Å²) in [7, 11) is 0. The van der Waals surface area contributed by atoms with Gasteiger partial charge in [0.1, 0.15) is 17.8 Å². The van der Waals surface area contributed by atoms with Gasteiger partial charge in [-0.1, -0.05) is 41.9 Å². The monoisotopic (exact) mass is 366 g/mol. The molecule has 2 N–H and O–H groups in total. The van der Waals surface area contributed by atoms with Gasteiger partial charge < -0.3 is 10.6 Å². The molecule has 1 aromatic heterocycles. The Kier molecular flexibility index (Phi) is 5.49. The molecule has 3 rings (SSSR count). The summed E-state index contributed by atoms with van der Waals surface area (Å²) in [5.74, 6) is 0.279. The minimum atomic E-state index is -0.249. The fraction of sp³-hybridized carbons (Fsp3) is 0.150. The van der Waals surface area contributed by atoms with E-state index in [4.69, 9.17) is 11.6 Å². The SMILES string of the molecule is Cc1ccc(Nc2cc(C(=O)NCc3ccccc3C)ncn2)cc1Cl. The van der Waals surface area contributed by atoms with Gasteiger partial charge in [-0.25, -0.2) is 9.97 Å². The van der Waals surface area contributed by atoms with Crippen molar-refractivity contribution < 1.29 is 4.79 Å². The van der Waals surface area contributed by atoms with Crippen molar-refractivity contribution in [3.05, 3.63) is 82.3 Å². The van der Waals surface area contributed by atoms with Gasteiger partial charge in [0.05, 0.1) is 0 Å². The molecule has 0 unspecified atom stereocenters. The number of carbonyl (C=O) groups excluding carboxylic acids is 1. The number of hydrogen-bond acceptors (Lipinski definition) is 4. The number of rotatable bonds is 5. The number of amides is 1. The normalized spacial score (nSPS) is 10.4. The van der Waals surface area contributed by atoms with Crippen molar-refractivity contribution in [2.24, 2.45) is 0 Å². The van der Waals surface area contributed by atoms with Gasteiger partial charge in [0.25, 0.3) is 5.91 Å². The summed E-state index contributed by atoms with van der Waals surface area (Å²) in [5, 5.41) is 6.69. The Labute approximate surface area is 157 Å². The van der Waals surface area contributed by atoms with Crippen LogP contribution in [0.4, 0.5) is 11.5 Å². The maximum atomic E-state index is 12.4. The molecule has 2 aromatic carbocycles. The minimum Gasteiger partial charge on any atom is -0.347 e. The highest BCUT2D eigenvalue weighted by Gasteiger charge is 2.09. The lowest BCUT2D eigenvalue weighted by atomic mass is 10.1. The Bertz CT molecular complexity index is 943. The van der Waals surface area contributed by atoms with E-state index in [2.05, 4.69) is 20.6 Å². The molecule has 3 aromatic rings. The highest BCUT2D eigenvalue weighted by molar-refractivity contribution is 6.31. The molecule has 0 aliphatic carbocycles. The molecule has 0 atom stereocenters. The zero-order valence-corrected chi connectivity index (χ0v) is 15.3. The van der Waals surface area contributed by atoms with E-state index in [9.17, 15) is 4.79 Å². The van der Waals surface area contributed by atoms with Crippen molar-refractivity contribution in [1.82, 2.24) is 15.3 Å². The van der Waals surface area contributed by atoms with Crippen LogP contribution in [0.3, 0.4) is 0 Å². The Morgan fingerprint density at radius 3 is 2.62 bits per heavy atom. The van der Waals surface area contributed by atoms with E-state index in [1.165, 1.54) is 6.33 Å². The smallest absolute Gasteiger partial charge is 0.270 e. The molecule has 26 heavy (non-hydrogen) atoms. The molecule has 132 valence electrons. The molecule has 0 saturated carbocycles. The van der Waals surface area contributed by atoms with Crippen LogP contribution in [0.2, 0.25) is 5.02 Å². The Hall–Kier alpha value is -2.92. The van der Waals surface area contributed by atoms with Crippen LogP contribution in [-0.2, 0) is 6.54 Å². The van der Waals surface area contributed by atoms with E-state index in [1.54, 1.807) is 6.07 Å². The molecule has 0 spiro atoms. The number of hydrogen-bond donors (Lipinski definition) is 2. The van der Waals surface area contributed by atoms with E-state index < -0.39 is 0 Å². The summed E-state index contributed by atoms with van der Waals surface area (Å²) >= 11 is 6.14. The molecule has 1 heterocycles. The van der Waals surface area contributed by atoms with Gasteiger partial charge in [-0.05, 0) is 42.7 Å². The second-order valence-corrected chi connectivity index (χ2v) is 6.39. The lowest BCUT2D eigenvalue weighted by molar-refractivity contribution is 0.0945. The van der Waals surface area contributed by atoms with Crippen LogP contribution in [0.15, 0.2) is 54.9 Å². The zero-order valence-electron chi connectivity index (χ0n) is 14.6. The first-order chi connectivity index (χ1) is 12.5. The number of nitrogens with one attached hydrogen (secondary N) is 2. The van der Waals surface area contributed by atoms with Gasteiger partial charge in [-0.2, -0.15) is 0 Å². The summed E-state index contributed by atoms with van der Waals surface area (Å²) in [6, 6.07) is 15.2. The van der Waals surface area contributed by atoms with Crippen LogP contribution >= 0.6 is 11.6 Å². The van der Waals surface area contributed by atoms with Gasteiger partial charge in [-0.15, -0.1) is 0 Å². The van der Waals surface area contributed by atoms with Crippen molar-refractivity contribution in [3.63, 3.8) is 0 Å². The molecule has 6 heteroatoms. The zero-order chi connectivity index (χ0) is 18.5. The molecule has 0 fully saturated rings. The summed E-state index contributed by atoms with van der Waals surface area (Å²) in [6.07, 6.45) is 1.36. The van der Waals surface area contributed by atoms with E-state index in [1.807, 2.05) is 56.3 Å².